The second-order valence-electron chi connectivity index (χ2n) is 7.10. The lowest BCUT2D eigenvalue weighted by atomic mass is 9.83. The molecule has 3 heterocycles. The van der Waals surface area contributed by atoms with E-state index in [0.717, 1.165) is 0 Å². The molecule has 24 heavy (non-hydrogen) atoms. The summed E-state index contributed by atoms with van der Waals surface area (Å²) < 4.78 is 22.1. The van der Waals surface area contributed by atoms with Gasteiger partial charge in [-0.1, -0.05) is 0 Å². The van der Waals surface area contributed by atoms with E-state index in [2.05, 4.69) is 0 Å². The van der Waals surface area contributed by atoms with Crippen molar-refractivity contribution in [2.75, 3.05) is 6.61 Å². The van der Waals surface area contributed by atoms with E-state index in [0.29, 0.717) is 6.42 Å². The fraction of sp³-hybridized carbons (Fsp3) is 0.867. The van der Waals surface area contributed by atoms with Crippen LogP contribution in [-0.2, 0) is 18.9 Å². The van der Waals surface area contributed by atoms with Crippen molar-refractivity contribution in [2.24, 2.45) is 5.92 Å². The van der Waals surface area contributed by atoms with Crippen molar-refractivity contribution in [1.82, 2.24) is 0 Å². The fourth-order valence-electron chi connectivity index (χ4n) is 4.12. The molecule has 0 amide bonds. The van der Waals surface area contributed by atoms with E-state index in [4.69, 9.17) is 18.9 Å². The molecule has 4 aliphatic rings. The SMILES string of the molecule is CC12OC1CC1(O)C=COC(OC3OC(CO)C(O)C(O)C3O)C12. The zero-order valence-electron chi connectivity index (χ0n) is 13.1. The molecule has 5 N–H and O–H groups in total. The molecule has 10 unspecified atom stereocenters. The maximum Gasteiger partial charge on any atom is 0.210 e. The first kappa shape index (κ1) is 16.7. The minimum atomic E-state index is -1.54. The summed E-state index contributed by atoms with van der Waals surface area (Å²) in [5.41, 5.74) is -1.74. The van der Waals surface area contributed by atoms with Gasteiger partial charge in [0.05, 0.1) is 24.9 Å². The molecule has 2 saturated heterocycles. The first-order valence-electron chi connectivity index (χ1n) is 7.99. The van der Waals surface area contributed by atoms with Crippen LogP contribution in [0.25, 0.3) is 0 Å². The Balaban J connectivity index is 1.53. The lowest BCUT2D eigenvalue weighted by Gasteiger charge is -2.44. The van der Waals surface area contributed by atoms with Gasteiger partial charge in [-0.3, -0.25) is 0 Å². The molecular formula is C15H22O9. The first-order valence-corrected chi connectivity index (χ1v) is 7.99. The summed E-state index contributed by atoms with van der Waals surface area (Å²) in [4.78, 5) is 0. The van der Waals surface area contributed by atoms with E-state index in [1.54, 1.807) is 6.08 Å². The quantitative estimate of drug-likeness (QED) is 0.353. The molecular weight excluding hydrogens is 324 g/mol. The van der Waals surface area contributed by atoms with E-state index in [1.165, 1.54) is 6.26 Å². The maximum atomic E-state index is 10.8. The predicted octanol–water partition coefficient (Wildman–Crippen LogP) is -2.42. The van der Waals surface area contributed by atoms with Gasteiger partial charge in [-0.05, 0) is 13.0 Å². The normalized spacial score (nSPS) is 58.8. The Labute approximate surface area is 138 Å². The van der Waals surface area contributed by atoms with Crippen LogP contribution in [0.1, 0.15) is 13.3 Å². The number of epoxide rings is 1. The standard InChI is InChI=1S/C15H22O9/c1-14-7(24-14)4-15(20)2-3-21-13(11(14)15)23-12-10(19)9(18)8(17)6(5-16)22-12/h2-3,6-13,16-20H,4-5H2,1H3. The number of rotatable bonds is 3. The molecule has 0 aromatic heterocycles. The van der Waals surface area contributed by atoms with Crippen LogP contribution < -0.4 is 0 Å². The topological polar surface area (TPSA) is 141 Å². The van der Waals surface area contributed by atoms with E-state index in [1.807, 2.05) is 6.92 Å². The molecule has 1 aliphatic carbocycles. The average Bonchev–Trinajstić information content (AvgIpc) is 3.10. The van der Waals surface area contributed by atoms with Crippen LogP contribution in [0.5, 0.6) is 0 Å². The van der Waals surface area contributed by atoms with Crippen molar-refractivity contribution >= 4 is 0 Å². The van der Waals surface area contributed by atoms with E-state index < -0.39 is 60.7 Å². The van der Waals surface area contributed by atoms with Crippen LogP contribution in [0.2, 0.25) is 0 Å². The van der Waals surface area contributed by atoms with Crippen LogP contribution in [0.15, 0.2) is 12.3 Å². The van der Waals surface area contributed by atoms with Gasteiger partial charge in [0.25, 0.3) is 0 Å². The Morgan fingerprint density at radius 2 is 1.92 bits per heavy atom. The van der Waals surface area contributed by atoms with Crippen LogP contribution >= 0.6 is 0 Å². The molecule has 0 spiro atoms. The third-order valence-corrected chi connectivity index (χ3v) is 5.60. The Kier molecular flexibility index (Phi) is 3.72. The van der Waals surface area contributed by atoms with Gasteiger partial charge in [-0.15, -0.1) is 0 Å². The van der Waals surface area contributed by atoms with Crippen LogP contribution in [0.3, 0.4) is 0 Å². The first-order chi connectivity index (χ1) is 11.3. The molecule has 0 radical (unpaired) electrons. The molecule has 136 valence electrons. The number of ether oxygens (including phenoxy) is 4. The number of hydrogen-bond donors (Lipinski definition) is 5. The van der Waals surface area contributed by atoms with Crippen molar-refractivity contribution in [3.05, 3.63) is 12.3 Å². The summed E-state index contributed by atoms with van der Waals surface area (Å²) in [5, 5.41) is 49.8. The van der Waals surface area contributed by atoms with Crippen LogP contribution in [0.4, 0.5) is 0 Å². The Hall–Kier alpha value is -0.780. The van der Waals surface area contributed by atoms with E-state index in [-0.39, 0.29) is 6.10 Å². The Morgan fingerprint density at radius 3 is 2.62 bits per heavy atom. The monoisotopic (exact) mass is 346 g/mol. The molecule has 4 rings (SSSR count). The van der Waals surface area contributed by atoms with Gasteiger partial charge >= 0.3 is 0 Å². The van der Waals surface area contributed by atoms with E-state index >= 15 is 0 Å². The van der Waals surface area contributed by atoms with Gasteiger partial charge in [-0.25, -0.2) is 0 Å². The lowest BCUT2D eigenvalue weighted by molar-refractivity contribution is -0.348. The molecule has 9 heteroatoms. The second kappa shape index (κ2) is 5.36. The Bertz CT molecular complexity index is 539. The summed E-state index contributed by atoms with van der Waals surface area (Å²) in [6.45, 7) is 1.30. The van der Waals surface area contributed by atoms with Crippen LogP contribution in [-0.4, -0.2) is 86.4 Å². The lowest BCUT2D eigenvalue weighted by Crippen LogP contribution is -2.61. The number of hydrogen-bond acceptors (Lipinski definition) is 9. The van der Waals surface area contributed by atoms with Crippen molar-refractivity contribution in [3.8, 4) is 0 Å². The van der Waals surface area contributed by atoms with E-state index in [9.17, 15) is 25.5 Å². The summed E-state index contributed by atoms with van der Waals surface area (Å²) in [5.74, 6) is -0.535. The van der Waals surface area contributed by atoms with Gasteiger partial charge in [0.15, 0.2) is 6.29 Å². The highest BCUT2D eigenvalue weighted by Crippen LogP contribution is 2.61. The minimum absolute atomic E-state index is 0.0975. The van der Waals surface area contributed by atoms with Crippen molar-refractivity contribution in [1.29, 1.82) is 0 Å². The highest BCUT2D eigenvalue weighted by Gasteiger charge is 2.74. The number of aliphatic hydroxyl groups is 5. The van der Waals surface area contributed by atoms with Gasteiger partial charge in [0.2, 0.25) is 6.29 Å². The molecule has 0 aromatic rings. The highest BCUT2D eigenvalue weighted by atomic mass is 16.8. The van der Waals surface area contributed by atoms with Crippen LogP contribution in [0, 0.1) is 5.92 Å². The van der Waals surface area contributed by atoms with Crippen molar-refractivity contribution in [2.45, 2.75) is 67.6 Å². The molecule has 1 saturated carbocycles. The zero-order chi connectivity index (χ0) is 17.3. The van der Waals surface area contributed by atoms with Gasteiger partial charge in [0, 0.05) is 6.42 Å². The highest BCUT2D eigenvalue weighted by molar-refractivity contribution is 5.26. The zero-order valence-corrected chi connectivity index (χ0v) is 13.1. The molecule has 3 aliphatic heterocycles. The summed E-state index contributed by atoms with van der Waals surface area (Å²) >= 11 is 0. The van der Waals surface area contributed by atoms with Gasteiger partial charge < -0.3 is 44.5 Å². The number of fused-ring (bicyclic) bond motifs is 3. The average molecular weight is 346 g/mol. The Morgan fingerprint density at radius 1 is 1.17 bits per heavy atom. The molecule has 3 fully saturated rings. The summed E-state index contributed by atoms with van der Waals surface area (Å²) in [6.07, 6.45) is -4.70. The number of aliphatic hydroxyl groups excluding tert-OH is 4. The summed E-state index contributed by atoms with van der Waals surface area (Å²) in [7, 11) is 0. The van der Waals surface area contributed by atoms with Gasteiger partial charge in [-0.2, -0.15) is 0 Å². The minimum Gasteiger partial charge on any atom is -0.472 e. The molecule has 10 atom stereocenters. The van der Waals surface area contributed by atoms with Crippen molar-refractivity contribution < 1.29 is 44.5 Å². The smallest absolute Gasteiger partial charge is 0.210 e. The molecule has 0 bridgehead atoms. The third-order valence-electron chi connectivity index (χ3n) is 5.60. The predicted molar refractivity (Wildman–Crippen MR) is 75.2 cm³/mol. The summed E-state index contributed by atoms with van der Waals surface area (Å²) in [6, 6.07) is 0. The molecule has 0 aromatic carbocycles. The van der Waals surface area contributed by atoms with Gasteiger partial charge in [0.1, 0.15) is 35.6 Å². The third kappa shape index (κ3) is 2.24. The largest absolute Gasteiger partial charge is 0.472 e. The molecule has 9 nitrogen and oxygen atoms in total. The maximum absolute atomic E-state index is 10.8. The fourth-order valence-corrected chi connectivity index (χ4v) is 4.12. The second-order valence-corrected chi connectivity index (χ2v) is 7.10. The van der Waals surface area contributed by atoms with Crippen molar-refractivity contribution in [3.63, 3.8) is 0 Å².